The summed E-state index contributed by atoms with van der Waals surface area (Å²) in [4.78, 5) is 11.8. The van der Waals surface area contributed by atoms with Gasteiger partial charge in [0.1, 0.15) is 0 Å². The zero-order valence-electron chi connectivity index (χ0n) is 10.7. The molecule has 0 aromatic rings. The van der Waals surface area contributed by atoms with Crippen molar-refractivity contribution >= 4 is 5.91 Å². The molecule has 0 aromatic carbocycles. The molecule has 2 atom stereocenters. The molecule has 3 heteroatoms. The fourth-order valence-corrected chi connectivity index (χ4v) is 2.57. The Morgan fingerprint density at radius 2 is 2.06 bits per heavy atom. The first-order chi connectivity index (χ1) is 7.67. The second kappa shape index (κ2) is 6.89. The summed E-state index contributed by atoms with van der Waals surface area (Å²) in [5.74, 6) is 1.02. The van der Waals surface area contributed by atoms with E-state index < -0.39 is 0 Å². The molecule has 0 bridgehead atoms. The first kappa shape index (κ1) is 13.5. The van der Waals surface area contributed by atoms with Crippen molar-refractivity contribution in [2.24, 2.45) is 17.6 Å². The SMILES string of the molecule is CCC(CC)C(=O)NCC1CCCC(N)C1. The third-order valence-electron chi connectivity index (χ3n) is 3.74. The van der Waals surface area contributed by atoms with Crippen LogP contribution in [0.3, 0.4) is 0 Å². The molecule has 1 aliphatic rings. The van der Waals surface area contributed by atoms with Crippen molar-refractivity contribution in [2.75, 3.05) is 6.54 Å². The monoisotopic (exact) mass is 226 g/mol. The molecule has 1 saturated carbocycles. The van der Waals surface area contributed by atoms with Crippen LogP contribution in [0, 0.1) is 11.8 Å². The summed E-state index contributed by atoms with van der Waals surface area (Å²) in [6.45, 7) is 4.97. The average molecular weight is 226 g/mol. The zero-order chi connectivity index (χ0) is 12.0. The minimum Gasteiger partial charge on any atom is -0.356 e. The number of carbonyl (C=O) groups is 1. The van der Waals surface area contributed by atoms with E-state index in [0.29, 0.717) is 12.0 Å². The summed E-state index contributed by atoms with van der Waals surface area (Å²) < 4.78 is 0. The van der Waals surface area contributed by atoms with Crippen LogP contribution in [0.2, 0.25) is 0 Å². The smallest absolute Gasteiger partial charge is 0.223 e. The molecule has 1 rings (SSSR count). The van der Waals surface area contributed by atoms with Gasteiger partial charge in [-0.1, -0.05) is 20.3 Å². The van der Waals surface area contributed by atoms with Crippen LogP contribution in [-0.4, -0.2) is 18.5 Å². The Morgan fingerprint density at radius 1 is 1.38 bits per heavy atom. The highest BCUT2D eigenvalue weighted by atomic mass is 16.1. The zero-order valence-corrected chi connectivity index (χ0v) is 10.7. The van der Waals surface area contributed by atoms with Crippen LogP contribution in [0.15, 0.2) is 0 Å². The molecule has 3 nitrogen and oxygen atoms in total. The number of carbonyl (C=O) groups excluding carboxylic acids is 1. The van der Waals surface area contributed by atoms with Crippen molar-refractivity contribution in [1.29, 1.82) is 0 Å². The molecule has 0 aromatic heterocycles. The van der Waals surface area contributed by atoms with Gasteiger partial charge >= 0.3 is 0 Å². The Hall–Kier alpha value is -0.570. The number of hydrogen-bond acceptors (Lipinski definition) is 2. The van der Waals surface area contributed by atoms with E-state index in [0.717, 1.165) is 32.2 Å². The first-order valence-corrected chi connectivity index (χ1v) is 6.70. The van der Waals surface area contributed by atoms with Crippen LogP contribution < -0.4 is 11.1 Å². The van der Waals surface area contributed by atoms with Gasteiger partial charge in [-0.25, -0.2) is 0 Å². The molecular formula is C13H26N2O. The molecule has 16 heavy (non-hydrogen) atoms. The van der Waals surface area contributed by atoms with Crippen molar-refractivity contribution in [1.82, 2.24) is 5.32 Å². The number of amides is 1. The Balaban J connectivity index is 2.25. The van der Waals surface area contributed by atoms with Crippen molar-refractivity contribution in [3.8, 4) is 0 Å². The highest BCUT2D eigenvalue weighted by Gasteiger charge is 2.21. The Morgan fingerprint density at radius 3 is 2.62 bits per heavy atom. The first-order valence-electron chi connectivity index (χ1n) is 6.70. The lowest BCUT2D eigenvalue weighted by Crippen LogP contribution is -2.37. The molecule has 1 aliphatic carbocycles. The molecule has 0 saturated heterocycles. The fourth-order valence-electron chi connectivity index (χ4n) is 2.57. The lowest BCUT2D eigenvalue weighted by molar-refractivity contribution is -0.125. The average Bonchev–Trinajstić information content (AvgIpc) is 2.28. The van der Waals surface area contributed by atoms with Gasteiger partial charge in [0.2, 0.25) is 5.91 Å². The molecule has 3 N–H and O–H groups in total. The van der Waals surface area contributed by atoms with Gasteiger partial charge in [-0.15, -0.1) is 0 Å². The maximum absolute atomic E-state index is 11.8. The third kappa shape index (κ3) is 4.12. The van der Waals surface area contributed by atoms with Crippen molar-refractivity contribution < 1.29 is 4.79 Å². The van der Waals surface area contributed by atoms with Gasteiger partial charge in [-0.05, 0) is 38.0 Å². The van der Waals surface area contributed by atoms with Gasteiger partial charge in [-0.2, -0.15) is 0 Å². The normalized spacial score (nSPS) is 25.8. The summed E-state index contributed by atoms with van der Waals surface area (Å²) in [5, 5.41) is 3.08. The molecule has 0 aliphatic heterocycles. The summed E-state index contributed by atoms with van der Waals surface area (Å²) in [6, 6.07) is 0.351. The van der Waals surface area contributed by atoms with Crippen molar-refractivity contribution in [3.05, 3.63) is 0 Å². The van der Waals surface area contributed by atoms with Gasteiger partial charge in [-0.3, -0.25) is 4.79 Å². The number of hydrogen-bond donors (Lipinski definition) is 2. The van der Waals surface area contributed by atoms with E-state index in [4.69, 9.17) is 5.73 Å². The maximum atomic E-state index is 11.8. The van der Waals surface area contributed by atoms with E-state index in [1.807, 2.05) is 0 Å². The number of nitrogens with two attached hydrogens (primary N) is 1. The maximum Gasteiger partial charge on any atom is 0.223 e. The van der Waals surface area contributed by atoms with E-state index >= 15 is 0 Å². The molecule has 94 valence electrons. The molecule has 0 radical (unpaired) electrons. The third-order valence-corrected chi connectivity index (χ3v) is 3.74. The lowest BCUT2D eigenvalue weighted by Gasteiger charge is -2.27. The quantitative estimate of drug-likeness (QED) is 0.754. The van der Waals surface area contributed by atoms with Crippen LogP contribution in [0.4, 0.5) is 0 Å². The van der Waals surface area contributed by atoms with E-state index in [1.54, 1.807) is 0 Å². The largest absolute Gasteiger partial charge is 0.356 e. The van der Waals surface area contributed by atoms with Crippen molar-refractivity contribution in [2.45, 2.75) is 58.4 Å². The molecule has 1 fully saturated rings. The van der Waals surface area contributed by atoms with Gasteiger partial charge < -0.3 is 11.1 Å². The predicted molar refractivity (Wildman–Crippen MR) is 67.0 cm³/mol. The predicted octanol–water partition coefficient (Wildman–Crippen LogP) is 2.06. The highest BCUT2D eigenvalue weighted by molar-refractivity contribution is 5.78. The van der Waals surface area contributed by atoms with Crippen LogP contribution in [0.1, 0.15) is 52.4 Å². The van der Waals surface area contributed by atoms with Gasteiger partial charge in [0, 0.05) is 18.5 Å². The highest BCUT2D eigenvalue weighted by Crippen LogP contribution is 2.22. The summed E-state index contributed by atoms with van der Waals surface area (Å²) in [6.07, 6.45) is 6.53. The van der Waals surface area contributed by atoms with Gasteiger partial charge in [0.05, 0.1) is 0 Å². The van der Waals surface area contributed by atoms with E-state index in [-0.39, 0.29) is 11.8 Å². The molecular weight excluding hydrogens is 200 g/mol. The van der Waals surface area contributed by atoms with Crippen LogP contribution in [0.25, 0.3) is 0 Å². The summed E-state index contributed by atoms with van der Waals surface area (Å²) >= 11 is 0. The molecule has 2 unspecified atom stereocenters. The molecule has 1 amide bonds. The second-order valence-electron chi connectivity index (χ2n) is 5.05. The minimum absolute atomic E-state index is 0.192. The van der Waals surface area contributed by atoms with Crippen molar-refractivity contribution in [3.63, 3.8) is 0 Å². The Labute approximate surface area is 99.2 Å². The van der Waals surface area contributed by atoms with E-state index in [2.05, 4.69) is 19.2 Å². The Bertz CT molecular complexity index is 214. The summed E-state index contributed by atoms with van der Waals surface area (Å²) in [5.41, 5.74) is 5.93. The second-order valence-corrected chi connectivity index (χ2v) is 5.05. The fraction of sp³-hybridized carbons (Fsp3) is 0.923. The number of rotatable bonds is 5. The Kier molecular flexibility index (Phi) is 5.81. The minimum atomic E-state index is 0.192. The van der Waals surface area contributed by atoms with Crippen LogP contribution in [0.5, 0.6) is 0 Å². The number of nitrogens with one attached hydrogen (secondary N) is 1. The lowest BCUT2D eigenvalue weighted by atomic mass is 9.86. The standard InChI is InChI=1S/C13H26N2O/c1-3-11(4-2)13(16)15-9-10-6-5-7-12(14)8-10/h10-12H,3-9,14H2,1-2H3,(H,15,16). The summed E-state index contributed by atoms with van der Waals surface area (Å²) in [7, 11) is 0. The molecule has 0 heterocycles. The van der Waals surface area contributed by atoms with Gasteiger partial charge in [0.15, 0.2) is 0 Å². The van der Waals surface area contributed by atoms with Crippen LogP contribution >= 0.6 is 0 Å². The van der Waals surface area contributed by atoms with E-state index in [1.165, 1.54) is 12.8 Å². The topological polar surface area (TPSA) is 55.1 Å². The molecule has 0 spiro atoms. The van der Waals surface area contributed by atoms with Crippen LogP contribution in [-0.2, 0) is 4.79 Å². The van der Waals surface area contributed by atoms with Gasteiger partial charge in [0.25, 0.3) is 0 Å². The van der Waals surface area contributed by atoms with E-state index in [9.17, 15) is 4.79 Å².